The van der Waals surface area contributed by atoms with Crippen molar-refractivity contribution in [2.24, 2.45) is 10.8 Å². The molecule has 2 aliphatic carbocycles. The number of carbonyl (C=O) groups is 2. The molecule has 0 aromatic heterocycles. The summed E-state index contributed by atoms with van der Waals surface area (Å²) in [7, 11) is 0. The molecule has 0 N–H and O–H groups in total. The highest BCUT2D eigenvalue weighted by molar-refractivity contribution is 9.10. The molecule has 1 aliphatic heterocycles. The van der Waals surface area contributed by atoms with Crippen LogP contribution in [0.4, 0.5) is 0 Å². The van der Waals surface area contributed by atoms with Gasteiger partial charge in [0.15, 0.2) is 11.6 Å². The van der Waals surface area contributed by atoms with Gasteiger partial charge in [-0.15, -0.1) is 0 Å². The van der Waals surface area contributed by atoms with Crippen molar-refractivity contribution in [2.75, 3.05) is 13.2 Å². The molecular formula is C29H38BrNO3. The molecule has 0 amide bonds. The summed E-state index contributed by atoms with van der Waals surface area (Å²) >= 11 is 3.64. The van der Waals surface area contributed by atoms with Gasteiger partial charge in [0.05, 0.1) is 6.61 Å². The van der Waals surface area contributed by atoms with Crippen molar-refractivity contribution in [1.82, 2.24) is 4.90 Å². The molecule has 3 aliphatic rings. The number of halogens is 1. The number of hydrogen-bond acceptors (Lipinski definition) is 4. The predicted octanol–water partition coefficient (Wildman–Crippen LogP) is 7.33. The molecule has 184 valence electrons. The first kappa shape index (κ1) is 25.2. The van der Waals surface area contributed by atoms with Gasteiger partial charge in [-0.25, -0.2) is 0 Å². The number of ketones is 2. The first-order valence-electron chi connectivity index (χ1n) is 12.7. The number of allylic oxidation sites excluding steroid dienone is 4. The Morgan fingerprint density at radius 2 is 1.50 bits per heavy atom. The molecule has 0 radical (unpaired) electrons. The zero-order chi connectivity index (χ0) is 24.8. The summed E-state index contributed by atoms with van der Waals surface area (Å²) in [5.41, 5.74) is 4.57. The van der Waals surface area contributed by atoms with Crippen LogP contribution in [-0.4, -0.2) is 29.6 Å². The Morgan fingerprint density at radius 1 is 0.941 bits per heavy atom. The van der Waals surface area contributed by atoms with Crippen LogP contribution >= 0.6 is 15.9 Å². The van der Waals surface area contributed by atoms with Crippen LogP contribution in [0, 0.1) is 10.8 Å². The lowest BCUT2D eigenvalue weighted by Crippen LogP contribution is -2.44. The third-order valence-electron chi connectivity index (χ3n) is 7.38. The summed E-state index contributed by atoms with van der Waals surface area (Å²) in [6.45, 7) is 14.4. The largest absolute Gasteiger partial charge is 0.493 e. The summed E-state index contributed by atoms with van der Waals surface area (Å²) in [5.74, 6) is 0.742. The molecule has 4 rings (SSSR count). The molecule has 0 saturated heterocycles. The summed E-state index contributed by atoms with van der Waals surface area (Å²) in [4.78, 5) is 29.9. The predicted molar refractivity (Wildman–Crippen MR) is 140 cm³/mol. The Labute approximate surface area is 212 Å². The van der Waals surface area contributed by atoms with E-state index in [1.807, 2.05) is 12.1 Å². The molecule has 1 heterocycles. The van der Waals surface area contributed by atoms with Gasteiger partial charge in [-0.3, -0.25) is 9.59 Å². The van der Waals surface area contributed by atoms with E-state index in [-0.39, 0.29) is 28.3 Å². The van der Waals surface area contributed by atoms with Crippen LogP contribution in [0.1, 0.15) is 91.5 Å². The number of ether oxygens (including phenoxy) is 1. The second-order valence-electron chi connectivity index (χ2n) is 11.7. The summed E-state index contributed by atoms with van der Waals surface area (Å²) in [5, 5.41) is 0. The maximum Gasteiger partial charge on any atom is 0.162 e. The van der Waals surface area contributed by atoms with Gasteiger partial charge >= 0.3 is 0 Å². The maximum absolute atomic E-state index is 13.8. The van der Waals surface area contributed by atoms with Crippen molar-refractivity contribution >= 4 is 27.5 Å². The van der Waals surface area contributed by atoms with Gasteiger partial charge in [0, 0.05) is 57.9 Å². The molecule has 0 unspecified atom stereocenters. The van der Waals surface area contributed by atoms with E-state index in [1.54, 1.807) is 0 Å². The third kappa shape index (κ3) is 4.65. The molecule has 1 aromatic carbocycles. The minimum absolute atomic E-state index is 0.0993. The molecular weight excluding hydrogens is 490 g/mol. The molecule has 0 bridgehead atoms. The van der Waals surface area contributed by atoms with E-state index in [0.29, 0.717) is 19.4 Å². The molecule has 0 spiro atoms. The van der Waals surface area contributed by atoms with E-state index in [9.17, 15) is 9.59 Å². The number of nitrogens with zero attached hydrogens (tertiary/aromatic N) is 1. The SMILES string of the molecule is CCCCOc1ccc(Br)cc1C1C2=C(CC(C)(C)CC2=O)N(CC)C2=C1C(=O)CC(C)(C)C2. The van der Waals surface area contributed by atoms with E-state index in [0.717, 1.165) is 70.6 Å². The molecule has 0 saturated carbocycles. The van der Waals surface area contributed by atoms with Crippen LogP contribution in [0.15, 0.2) is 45.2 Å². The molecule has 0 fully saturated rings. The fraction of sp³-hybridized carbons (Fsp3) is 0.586. The second-order valence-corrected chi connectivity index (χ2v) is 12.6. The zero-order valence-corrected chi connectivity index (χ0v) is 23.1. The highest BCUT2D eigenvalue weighted by Crippen LogP contribution is 2.55. The van der Waals surface area contributed by atoms with Gasteiger partial charge in [0.25, 0.3) is 0 Å². The molecule has 34 heavy (non-hydrogen) atoms. The fourth-order valence-electron chi connectivity index (χ4n) is 5.94. The van der Waals surface area contributed by atoms with Crippen molar-refractivity contribution in [3.8, 4) is 5.75 Å². The lowest BCUT2D eigenvalue weighted by atomic mass is 9.63. The molecule has 1 aromatic rings. The van der Waals surface area contributed by atoms with E-state index in [2.05, 4.69) is 68.4 Å². The number of hydrogen-bond donors (Lipinski definition) is 0. The molecule has 0 atom stereocenters. The highest BCUT2D eigenvalue weighted by atomic mass is 79.9. The van der Waals surface area contributed by atoms with Crippen molar-refractivity contribution in [3.05, 3.63) is 50.8 Å². The van der Waals surface area contributed by atoms with Crippen LogP contribution in [-0.2, 0) is 9.59 Å². The van der Waals surface area contributed by atoms with Gasteiger partial charge < -0.3 is 9.64 Å². The average Bonchev–Trinajstić information content (AvgIpc) is 2.72. The van der Waals surface area contributed by atoms with Crippen LogP contribution in [0.5, 0.6) is 5.75 Å². The van der Waals surface area contributed by atoms with Crippen molar-refractivity contribution < 1.29 is 14.3 Å². The van der Waals surface area contributed by atoms with Gasteiger partial charge in [-0.2, -0.15) is 0 Å². The molecule has 4 nitrogen and oxygen atoms in total. The van der Waals surface area contributed by atoms with Crippen molar-refractivity contribution in [1.29, 1.82) is 0 Å². The molecule has 5 heteroatoms. The van der Waals surface area contributed by atoms with Crippen LogP contribution in [0.3, 0.4) is 0 Å². The Kier molecular flexibility index (Phi) is 6.89. The highest BCUT2D eigenvalue weighted by Gasteiger charge is 2.49. The van der Waals surface area contributed by atoms with Gasteiger partial charge in [-0.05, 0) is 55.2 Å². The summed E-state index contributed by atoms with van der Waals surface area (Å²) < 4.78 is 7.18. The van der Waals surface area contributed by atoms with Crippen molar-refractivity contribution in [3.63, 3.8) is 0 Å². The first-order chi connectivity index (χ1) is 16.0. The van der Waals surface area contributed by atoms with Gasteiger partial charge in [0.1, 0.15) is 5.75 Å². The topological polar surface area (TPSA) is 46.6 Å². The maximum atomic E-state index is 13.8. The standard InChI is InChI=1S/C29H38BrNO3/c1-7-9-12-34-24-11-10-18(30)13-19(24)25-26-20(14-28(3,4)16-22(26)32)31(8-2)21-15-29(5,6)17-23(33)27(21)25/h10-11,13,25H,7-9,12,14-17H2,1-6H3. The number of carbonyl (C=O) groups excluding carboxylic acids is 2. The normalized spacial score (nSPS) is 22.1. The lowest BCUT2D eigenvalue weighted by Gasteiger charge is -2.49. The van der Waals surface area contributed by atoms with Gasteiger partial charge in [-0.1, -0.05) is 57.0 Å². The van der Waals surface area contributed by atoms with E-state index in [4.69, 9.17) is 4.74 Å². The smallest absolute Gasteiger partial charge is 0.162 e. The Bertz CT molecular complexity index is 1020. The fourth-order valence-corrected chi connectivity index (χ4v) is 6.32. The number of Topliss-reactive ketones (excluding diaryl/α,β-unsaturated/α-hetero) is 2. The summed E-state index contributed by atoms with van der Waals surface area (Å²) in [6, 6.07) is 6.02. The lowest BCUT2D eigenvalue weighted by molar-refractivity contribution is -0.119. The Balaban J connectivity index is 1.97. The Morgan fingerprint density at radius 3 is 2.00 bits per heavy atom. The van der Waals surface area contributed by atoms with Crippen LogP contribution < -0.4 is 4.74 Å². The number of unbranched alkanes of at least 4 members (excludes halogenated alkanes) is 1. The van der Waals surface area contributed by atoms with E-state index >= 15 is 0 Å². The number of benzene rings is 1. The second kappa shape index (κ2) is 9.29. The van der Waals surface area contributed by atoms with E-state index in [1.165, 1.54) is 0 Å². The van der Waals surface area contributed by atoms with Crippen LogP contribution in [0.2, 0.25) is 0 Å². The van der Waals surface area contributed by atoms with Gasteiger partial charge in [0.2, 0.25) is 0 Å². The minimum atomic E-state index is -0.367. The van der Waals surface area contributed by atoms with Crippen LogP contribution in [0.25, 0.3) is 0 Å². The monoisotopic (exact) mass is 527 g/mol. The van der Waals surface area contributed by atoms with E-state index < -0.39 is 0 Å². The first-order valence-corrected chi connectivity index (χ1v) is 13.5. The van der Waals surface area contributed by atoms with Crippen molar-refractivity contribution in [2.45, 2.75) is 86.0 Å². The Hall–Kier alpha value is -1.88. The third-order valence-corrected chi connectivity index (χ3v) is 7.87. The number of rotatable bonds is 6. The quantitative estimate of drug-likeness (QED) is 0.363. The zero-order valence-electron chi connectivity index (χ0n) is 21.5. The minimum Gasteiger partial charge on any atom is -0.493 e. The average molecular weight is 529 g/mol. The summed E-state index contributed by atoms with van der Waals surface area (Å²) in [6.07, 6.45) is 4.69.